The average molecular weight is 389 g/mol. The van der Waals surface area contributed by atoms with Crippen molar-refractivity contribution in [1.29, 1.82) is 0 Å². The lowest BCUT2D eigenvalue weighted by atomic mass is 10.1. The molecule has 144 valence electrons. The second-order valence-corrected chi connectivity index (χ2v) is 7.36. The van der Waals surface area contributed by atoms with Gasteiger partial charge in [0.15, 0.2) is 0 Å². The van der Waals surface area contributed by atoms with Crippen LogP contribution in [-0.4, -0.2) is 48.3 Å². The zero-order valence-electron chi connectivity index (χ0n) is 15.0. The number of carbonyl (C=O) groups excluding carboxylic acids is 2. The Morgan fingerprint density at radius 3 is 2.70 bits per heavy atom. The molecule has 4 N–H and O–H groups in total. The van der Waals surface area contributed by atoms with Gasteiger partial charge in [-0.3, -0.25) is 9.59 Å². The molecule has 1 fully saturated rings. The van der Waals surface area contributed by atoms with Crippen molar-refractivity contribution in [2.45, 2.75) is 31.7 Å². The summed E-state index contributed by atoms with van der Waals surface area (Å²) in [6.07, 6.45) is -1.14. The maximum Gasteiger partial charge on any atom is 0.261 e. The number of carbonyl (C=O) groups is 2. The van der Waals surface area contributed by atoms with E-state index in [1.807, 2.05) is 35.7 Å². The van der Waals surface area contributed by atoms with Gasteiger partial charge in [-0.15, -0.1) is 11.3 Å². The molecular formula is C19H23N3O4S. The molecule has 1 aromatic carbocycles. The Hall–Kier alpha value is -2.26. The number of rotatable bonds is 7. The Balaban J connectivity index is 1.43. The highest BCUT2D eigenvalue weighted by Gasteiger charge is 2.35. The number of aliphatic hydroxyl groups excluding tert-OH is 1. The van der Waals surface area contributed by atoms with Gasteiger partial charge in [-0.1, -0.05) is 18.2 Å². The highest BCUT2D eigenvalue weighted by molar-refractivity contribution is 7.12. The van der Waals surface area contributed by atoms with Crippen molar-refractivity contribution >= 4 is 28.8 Å². The third-order valence-corrected chi connectivity index (χ3v) is 5.20. The third kappa shape index (κ3) is 5.36. The van der Waals surface area contributed by atoms with Crippen LogP contribution in [-0.2, 0) is 16.1 Å². The minimum atomic E-state index is -0.702. The molecule has 2 heterocycles. The van der Waals surface area contributed by atoms with Gasteiger partial charge in [-0.25, -0.2) is 0 Å². The van der Waals surface area contributed by atoms with Gasteiger partial charge in [0.1, 0.15) is 6.10 Å². The first-order valence-corrected chi connectivity index (χ1v) is 9.62. The summed E-state index contributed by atoms with van der Waals surface area (Å²) < 4.78 is 5.63. The van der Waals surface area contributed by atoms with E-state index in [0.29, 0.717) is 18.0 Å². The number of hydrogen-bond donors (Lipinski definition) is 4. The third-order valence-electron chi connectivity index (χ3n) is 4.33. The molecule has 0 spiro atoms. The van der Waals surface area contributed by atoms with Crippen molar-refractivity contribution in [3.63, 3.8) is 0 Å². The molecule has 0 radical (unpaired) electrons. The molecule has 2 amide bonds. The van der Waals surface area contributed by atoms with Crippen LogP contribution in [0.1, 0.15) is 22.2 Å². The highest BCUT2D eigenvalue weighted by atomic mass is 32.1. The summed E-state index contributed by atoms with van der Waals surface area (Å²) in [7, 11) is 0. The zero-order valence-corrected chi connectivity index (χ0v) is 15.8. The van der Waals surface area contributed by atoms with Crippen LogP contribution >= 0.6 is 11.3 Å². The van der Waals surface area contributed by atoms with Crippen LogP contribution in [0.5, 0.6) is 0 Å². The van der Waals surface area contributed by atoms with Gasteiger partial charge in [-0.2, -0.15) is 0 Å². The van der Waals surface area contributed by atoms with Crippen LogP contribution in [0.4, 0.5) is 5.69 Å². The number of amides is 2. The van der Waals surface area contributed by atoms with Gasteiger partial charge in [0.2, 0.25) is 5.91 Å². The van der Waals surface area contributed by atoms with Crippen LogP contribution < -0.4 is 16.0 Å². The Morgan fingerprint density at radius 1 is 1.26 bits per heavy atom. The van der Waals surface area contributed by atoms with Crippen LogP contribution in [0.15, 0.2) is 41.8 Å². The van der Waals surface area contributed by atoms with E-state index in [9.17, 15) is 14.7 Å². The molecular weight excluding hydrogens is 366 g/mol. The quantitative estimate of drug-likeness (QED) is 0.573. The van der Waals surface area contributed by atoms with E-state index in [1.54, 1.807) is 6.07 Å². The molecule has 1 saturated heterocycles. The predicted molar refractivity (Wildman–Crippen MR) is 104 cm³/mol. The standard InChI is InChI=1S/C19H23N3O4S/c1-12(23)22-14-6-4-13(5-7-14)9-20-15-11-26-16(18(15)24)10-21-19(25)17-3-2-8-27-17/h2-8,15-16,18,20,24H,9-11H2,1H3,(H,21,25)(H,22,23). The summed E-state index contributed by atoms with van der Waals surface area (Å²) in [6.45, 7) is 2.68. The Morgan fingerprint density at radius 2 is 2.04 bits per heavy atom. The second-order valence-electron chi connectivity index (χ2n) is 6.42. The first-order valence-electron chi connectivity index (χ1n) is 8.74. The lowest BCUT2D eigenvalue weighted by molar-refractivity contribution is -0.114. The summed E-state index contributed by atoms with van der Waals surface area (Å²) in [6, 6.07) is 10.9. The number of thiophene rings is 1. The number of hydrogen-bond acceptors (Lipinski definition) is 6. The van der Waals surface area contributed by atoms with E-state index in [4.69, 9.17) is 4.74 Å². The fourth-order valence-electron chi connectivity index (χ4n) is 2.89. The molecule has 0 aliphatic carbocycles. The molecule has 7 nitrogen and oxygen atoms in total. The van der Waals surface area contributed by atoms with Crippen LogP contribution in [0, 0.1) is 0 Å². The van der Waals surface area contributed by atoms with Gasteiger partial charge >= 0.3 is 0 Å². The fraction of sp³-hybridized carbons (Fsp3) is 0.368. The second kappa shape index (κ2) is 9.09. The minimum absolute atomic E-state index is 0.107. The maximum atomic E-state index is 12.0. The average Bonchev–Trinajstić information content (AvgIpc) is 3.29. The van der Waals surface area contributed by atoms with Crippen molar-refractivity contribution in [1.82, 2.24) is 10.6 Å². The summed E-state index contributed by atoms with van der Waals surface area (Å²) in [5.74, 6) is -0.263. The topological polar surface area (TPSA) is 99.7 Å². The number of ether oxygens (including phenoxy) is 1. The molecule has 3 unspecified atom stereocenters. The lowest BCUT2D eigenvalue weighted by Gasteiger charge is -2.19. The van der Waals surface area contributed by atoms with Crippen molar-refractivity contribution in [2.75, 3.05) is 18.5 Å². The Bertz CT molecular complexity index is 764. The van der Waals surface area contributed by atoms with Crippen molar-refractivity contribution in [3.8, 4) is 0 Å². The molecule has 1 aliphatic rings. The van der Waals surface area contributed by atoms with Crippen LogP contribution in [0.2, 0.25) is 0 Å². The molecule has 1 aromatic heterocycles. The highest BCUT2D eigenvalue weighted by Crippen LogP contribution is 2.16. The molecule has 8 heteroatoms. The summed E-state index contributed by atoms with van der Waals surface area (Å²) >= 11 is 1.37. The molecule has 0 bridgehead atoms. The molecule has 2 aromatic rings. The van der Waals surface area contributed by atoms with E-state index < -0.39 is 12.2 Å². The minimum Gasteiger partial charge on any atom is -0.389 e. The molecule has 0 saturated carbocycles. The summed E-state index contributed by atoms with van der Waals surface area (Å²) in [4.78, 5) is 23.7. The summed E-state index contributed by atoms with van der Waals surface area (Å²) in [5.41, 5.74) is 1.78. The smallest absolute Gasteiger partial charge is 0.261 e. The zero-order chi connectivity index (χ0) is 19.2. The number of anilines is 1. The van der Waals surface area contributed by atoms with E-state index in [0.717, 1.165) is 11.3 Å². The predicted octanol–water partition coefficient (Wildman–Crippen LogP) is 1.35. The molecule has 27 heavy (non-hydrogen) atoms. The number of benzene rings is 1. The van der Waals surface area contributed by atoms with E-state index in [2.05, 4.69) is 16.0 Å². The Labute approximate surface area is 161 Å². The largest absolute Gasteiger partial charge is 0.389 e. The van der Waals surface area contributed by atoms with E-state index in [-0.39, 0.29) is 24.4 Å². The van der Waals surface area contributed by atoms with Crippen molar-refractivity contribution < 1.29 is 19.4 Å². The molecule has 1 aliphatic heterocycles. The van der Waals surface area contributed by atoms with Crippen molar-refractivity contribution in [3.05, 3.63) is 52.2 Å². The maximum absolute atomic E-state index is 12.0. The van der Waals surface area contributed by atoms with Crippen molar-refractivity contribution in [2.24, 2.45) is 0 Å². The van der Waals surface area contributed by atoms with Crippen LogP contribution in [0.3, 0.4) is 0 Å². The molecule has 3 rings (SSSR count). The van der Waals surface area contributed by atoms with Gasteiger partial charge in [0, 0.05) is 25.7 Å². The number of nitrogens with one attached hydrogen (secondary N) is 3. The van der Waals surface area contributed by atoms with E-state index >= 15 is 0 Å². The Kier molecular flexibility index (Phi) is 6.57. The monoisotopic (exact) mass is 389 g/mol. The fourth-order valence-corrected chi connectivity index (χ4v) is 3.53. The van der Waals surface area contributed by atoms with E-state index in [1.165, 1.54) is 18.3 Å². The normalized spacial score (nSPS) is 21.8. The molecule has 3 atom stereocenters. The van der Waals surface area contributed by atoms with Gasteiger partial charge in [-0.05, 0) is 29.1 Å². The first-order chi connectivity index (χ1) is 13.0. The van der Waals surface area contributed by atoms with Crippen LogP contribution in [0.25, 0.3) is 0 Å². The SMILES string of the molecule is CC(=O)Nc1ccc(CNC2COC(CNC(=O)c3cccs3)C2O)cc1. The van der Waals surface area contributed by atoms with Gasteiger partial charge < -0.3 is 25.8 Å². The van der Waals surface area contributed by atoms with Gasteiger partial charge in [0.05, 0.1) is 23.6 Å². The van der Waals surface area contributed by atoms with Gasteiger partial charge in [0.25, 0.3) is 5.91 Å². The summed E-state index contributed by atoms with van der Waals surface area (Å²) in [5, 5.41) is 21.1. The first kappa shape index (κ1) is 19.5. The lowest BCUT2D eigenvalue weighted by Crippen LogP contribution is -2.44. The number of aliphatic hydroxyl groups is 1.